The van der Waals surface area contributed by atoms with Gasteiger partial charge in [0.2, 0.25) is 5.55 Å². The molecule has 3 aromatic rings. The zero-order valence-electron chi connectivity index (χ0n) is 15.9. The second kappa shape index (κ2) is 8.43. The van der Waals surface area contributed by atoms with E-state index in [0.717, 1.165) is 11.8 Å². The highest BCUT2D eigenvalue weighted by atomic mass is 16.5. The van der Waals surface area contributed by atoms with Crippen LogP contribution < -0.4 is 15.6 Å². The van der Waals surface area contributed by atoms with Gasteiger partial charge in [0.1, 0.15) is 23.3 Å². The Morgan fingerprint density at radius 3 is 2.52 bits per heavy atom. The lowest BCUT2D eigenvalue weighted by molar-refractivity contribution is 0.0935. The van der Waals surface area contributed by atoms with Gasteiger partial charge in [-0.15, -0.1) is 0 Å². The minimum absolute atomic E-state index is 0.00120. The number of nitrogens with one attached hydrogen (secondary N) is 2. The van der Waals surface area contributed by atoms with E-state index in [4.69, 9.17) is 14.6 Å². The van der Waals surface area contributed by atoms with Crippen molar-refractivity contribution in [2.75, 3.05) is 7.11 Å². The molecule has 0 fully saturated rings. The summed E-state index contributed by atoms with van der Waals surface area (Å²) in [4.78, 5) is 25.5. The molecule has 0 aliphatic carbocycles. The molecule has 7 heteroatoms. The second-order valence-electron chi connectivity index (χ2n) is 6.40. The summed E-state index contributed by atoms with van der Waals surface area (Å²) in [5.74, 6) is -0.931. The molecule has 3 N–H and O–H groups in total. The Morgan fingerprint density at radius 2 is 1.83 bits per heavy atom. The fraction of sp³-hybridized carbons (Fsp3) is 0.136. The third kappa shape index (κ3) is 4.35. The topological polar surface area (TPSA) is 113 Å². The molecule has 0 bridgehead atoms. The molecule has 0 aliphatic rings. The van der Waals surface area contributed by atoms with Crippen LogP contribution in [-0.4, -0.2) is 23.9 Å². The molecule has 0 saturated carbocycles. The number of carbonyl (C=O) groups is 2. The number of benzene rings is 2. The van der Waals surface area contributed by atoms with E-state index >= 15 is 0 Å². The Kier molecular flexibility index (Phi) is 5.78. The number of hydrogen-bond donors (Lipinski definition) is 3. The van der Waals surface area contributed by atoms with E-state index in [1.807, 2.05) is 37.3 Å². The maximum Gasteiger partial charge on any atom is 0.257 e. The van der Waals surface area contributed by atoms with Gasteiger partial charge in [0, 0.05) is 0 Å². The van der Waals surface area contributed by atoms with Crippen LogP contribution in [0.1, 0.15) is 44.8 Å². The van der Waals surface area contributed by atoms with E-state index in [-0.39, 0.29) is 34.0 Å². The highest BCUT2D eigenvalue weighted by molar-refractivity contribution is 6.11. The molecular formula is C22H20N2O5. The minimum atomic E-state index is -0.560. The van der Waals surface area contributed by atoms with Gasteiger partial charge in [-0.2, -0.15) is 0 Å². The summed E-state index contributed by atoms with van der Waals surface area (Å²) >= 11 is 0. The van der Waals surface area contributed by atoms with Crippen molar-refractivity contribution in [3.05, 3.63) is 88.7 Å². The average molecular weight is 392 g/mol. The van der Waals surface area contributed by atoms with Crippen LogP contribution >= 0.6 is 0 Å². The molecular weight excluding hydrogens is 372 g/mol. The van der Waals surface area contributed by atoms with Crippen molar-refractivity contribution in [1.82, 2.24) is 5.32 Å². The van der Waals surface area contributed by atoms with Gasteiger partial charge in [-0.25, -0.2) is 0 Å². The van der Waals surface area contributed by atoms with Gasteiger partial charge >= 0.3 is 0 Å². The summed E-state index contributed by atoms with van der Waals surface area (Å²) < 4.78 is 10.2. The lowest BCUT2D eigenvalue weighted by Crippen LogP contribution is -2.31. The van der Waals surface area contributed by atoms with Crippen molar-refractivity contribution in [2.24, 2.45) is 0 Å². The highest BCUT2D eigenvalue weighted by Gasteiger charge is 2.20. The molecule has 3 rings (SSSR count). The Morgan fingerprint density at radius 1 is 1.10 bits per heavy atom. The molecule has 1 heterocycles. The van der Waals surface area contributed by atoms with Gasteiger partial charge in [-0.05, 0) is 36.8 Å². The fourth-order valence-corrected chi connectivity index (χ4v) is 2.81. The number of phenolic OH excluding ortho intramolecular Hbond substituents is 1. The highest BCUT2D eigenvalue weighted by Crippen LogP contribution is 2.25. The van der Waals surface area contributed by atoms with Crippen molar-refractivity contribution >= 4 is 11.7 Å². The average Bonchev–Trinajstić information content (AvgIpc) is 2.74. The van der Waals surface area contributed by atoms with Crippen LogP contribution in [0.4, 0.5) is 0 Å². The van der Waals surface area contributed by atoms with Crippen LogP contribution in [0.2, 0.25) is 0 Å². The molecule has 0 radical (unpaired) electrons. The number of methoxy groups -OCH3 is 1. The normalized spacial score (nSPS) is 11.5. The Labute approximate surface area is 167 Å². The van der Waals surface area contributed by atoms with Crippen LogP contribution in [0.25, 0.3) is 0 Å². The first-order valence-electron chi connectivity index (χ1n) is 8.85. The molecule has 0 saturated heterocycles. The van der Waals surface area contributed by atoms with Gasteiger partial charge in [-0.3, -0.25) is 15.0 Å². The van der Waals surface area contributed by atoms with E-state index < -0.39 is 11.7 Å². The van der Waals surface area contributed by atoms with Crippen LogP contribution in [0.15, 0.2) is 65.3 Å². The Balaban J connectivity index is 1.89. The van der Waals surface area contributed by atoms with E-state index in [0.29, 0.717) is 5.75 Å². The largest absolute Gasteiger partial charge is 0.507 e. The van der Waals surface area contributed by atoms with E-state index in [9.17, 15) is 14.7 Å². The molecule has 1 aromatic heterocycles. The van der Waals surface area contributed by atoms with E-state index in [1.165, 1.54) is 31.4 Å². The van der Waals surface area contributed by atoms with Crippen LogP contribution in [0.3, 0.4) is 0 Å². The summed E-state index contributed by atoms with van der Waals surface area (Å²) in [7, 11) is 1.45. The van der Waals surface area contributed by atoms with Crippen molar-refractivity contribution < 1.29 is 23.8 Å². The number of carbonyl (C=O) groups excluding carboxylic acids is 2. The maximum absolute atomic E-state index is 12.8. The predicted octanol–water partition coefficient (Wildman–Crippen LogP) is 3.20. The smallest absolute Gasteiger partial charge is 0.257 e. The van der Waals surface area contributed by atoms with E-state index in [1.54, 1.807) is 0 Å². The Bertz CT molecular complexity index is 1110. The molecule has 148 valence electrons. The van der Waals surface area contributed by atoms with Crippen LogP contribution in [0.5, 0.6) is 11.5 Å². The SMILES string of the molecule is COc1ccc(O)c(C(=O)c2coc(=N)c(C(=O)N[C@@H](C)c3ccccc3)c2)c1. The molecule has 0 aliphatic heterocycles. The summed E-state index contributed by atoms with van der Waals surface area (Å²) in [5.41, 5.74) is 0.483. The molecule has 7 nitrogen and oxygen atoms in total. The lowest BCUT2D eigenvalue weighted by atomic mass is 10.0. The van der Waals surface area contributed by atoms with Gasteiger partial charge in [0.25, 0.3) is 5.91 Å². The molecule has 29 heavy (non-hydrogen) atoms. The molecule has 2 aromatic carbocycles. The first kappa shape index (κ1) is 19.9. The first-order chi connectivity index (χ1) is 13.9. The van der Waals surface area contributed by atoms with Crippen molar-refractivity contribution in [1.29, 1.82) is 5.41 Å². The number of phenols is 1. The van der Waals surface area contributed by atoms with Crippen molar-refractivity contribution in [2.45, 2.75) is 13.0 Å². The number of aromatic hydroxyl groups is 1. The number of ketones is 1. The molecule has 1 atom stereocenters. The van der Waals surface area contributed by atoms with Crippen LogP contribution in [0, 0.1) is 5.41 Å². The Hall–Kier alpha value is -3.87. The van der Waals surface area contributed by atoms with Crippen LogP contribution in [-0.2, 0) is 0 Å². The zero-order chi connectivity index (χ0) is 21.0. The summed E-state index contributed by atoms with van der Waals surface area (Å²) in [6.45, 7) is 1.82. The third-order valence-corrected chi connectivity index (χ3v) is 4.45. The quantitative estimate of drug-likeness (QED) is 0.558. The third-order valence-electron chi connectivity index (χ3n) is 4.45. The number of amides is 1. The van der Waals surface area contributed by atoms with Gasteiger partial charge in [-0.1, -0.05) is 30.3 Å². The second-order valence-corrected chi connectivity index (χ2v) is 6.40. The molecule has 0 spiro atoms. The van der Waals surface area contributed by atoms with E-state index in [2.05, 4.69) is 5.32 Å². The molecule has 0 unspecified atom stereocenters. The van der Waals surface area contributed by atoms with Crippen molar-refractivity contribution in [3.63, 3.8) is 0 Å². The lowest BCUT2D eigenvalue weighted by Gasteiger charge is -2.14. The number of hydrogen-bond acceptors (Lipinski definition) is 6. The van der Waals surface area contributed by atoms with Gasteiger partial charge in [0.05, 0.1) is 24.3 Å². The first-order valence-corrected chi connectivity index (χ1v) is 8.85. The monoisotopic (exact) mass is 392 g/mol. The fourth-order valence-electron chi connectivity index (χ4n) is 2.81. The summed E-state index contributed by atoms with van der Waals surface area (Å²) in [6.07, 6.45) is 1.08. The van der Waals surface area contributed by atoms with Gasteiger partial charge in [0.15, 0.2) is 5.78 Å². The number of ether oxygens (including phenoxy) is 1. The van der Waals surface area contributed by atoms with Gasteiger partial charge < -0.3 is 19.6 Å². The summed E-state index contributed by atoms with van der Waals surface area (Å²) in [5, 5.41) is 20.7. The minimum Gasteiger partial charge on any atom is -0.507 e. The maximum atomic E-state index is 12.8. The number of rotatable bonds is 6. The predicted molar refractivity (Wildman–Crippen MR) is 105 cm³/mol. The van der Waals surface area contributed by atoms with Crippen molar-refractivity contribution in [3.8, 4) is 11.5 Å². The standard InChI is InChI=1S/C22H20N2O5/c1-13(14-6-4-3-5-7-14)24-22(27)18-10-15(12-29-21(18)23)20(26)17-11-16(28-2)8-9-19(17)25/h3-13,23,25H,1-2H3,(H,24,27)/t13-/m0/s1. The molecule has 1 amide bonds. The zero-order valence-corrected chi connectivity index (χ0v) is 15.9. The summed E-state index contributed by atoms with van der Waals surface area (Å²) in [6, 6.07) is 14.6.